The highest BCUT2D eigenvalue weighted by Crippen LogP contribution is 2.23. The Morgan fingerprint density at radius 3 is 2.15 bits per heavy atom. The Balaban J connectivity index is 1.85. The van der Waals surface area contributed by atoms with Crippen LogP contribution in [0, 0.1) is 0 Å². The molecule has 0 radical (unpaired) electrons. The smallest absolute Gasteiger partial charge is 0.325 e. The molecule has 2 aromatic carbocycles. The van der Waals surface area contributed by atoms with Gasteiger partial charge in [-0.05, 0) is 35.4 Å². The largest absolute Gasteiger partial charge is 0.468 e. The van der Waals surface area contributed by atoms with Crippen molar-refractivity contribution in [1.29, 1.82) is 0 Å². The van der Waals surface area contributed by atoms with Crippen LogP contribution in [0.15, 0.2) is 42.5 Å². The summed E-state index contributed by atoms with van der Waals surface area (Å²) >= 11 is 11.8. The van der Waals surface area contributed by atoms with Crippen molar-refractivity contribution < 1.29 is 19.1 Å². The van der Waals surface area contributed by atoms with Gasteiger partial charge >= 0.3 is 5.97 Å². The van der Waals surface area contributed by atoms with Crippen LogP contribution in [-0.2, 0) is 32.0 Å². The molecule has 6 nitrogen and oxygen atoms in total. The average molecular weight is 409 g/mol. The van der Waals surface area contributed by atoms with Gasteiger partial charge in [0.1, 0.15) is 6.54 Å². The van der Waals surface area contributed by atoms with Crippen molar-refractivity contribution in [3.05, 3.63) is 63.6 Å². The monoisotopic (exact) mass is 408 g/mol. The average Bonchev–Trinajstić information content (AvgIpc) is 2.64. The number of rotatable bonds is 7. The van der Waals surface area contributed by atoms with Crippen molar-refractivity contribution in [2.24, 2.45) is 0 Å². The number of methoxy groups -OCH3 is 1. The summed E-state index contributed by atoms with van der Waals surface area (Å²) in [5.74, 6) is -1.00. The van der Waals surface area contributed by atoms with Crippen LogP contribution < -0.4 is 10.6 Å². The van der Waals surface area contributed by atoms with Gasteiger partial charge in [0.25, 0.3) is 0 Å². The van der Waals surface area contributed by atoms with Crippen molar-refractivity contribution in [2.45, 2.75) is 12.8 Å². The van der Waals surface area contributed by atoms with E-state index in [2.05, 4.69) is 15.4 Å². The van der Waals surface area contributed by atoms with Gasteiger partial charge in [-0.2, -0.15) is 0 Å². The molecule has 0 aromatic heterocycles. The van der Waals surface area contributed by atoms with E-state index < -0.39 is 5.97 Å². The highest BCUT2D eigenvalue weighted by molar-refractivity contribution is 6.42. The molecule has 0 fully saturated rings. The number of esters is 1. The van der Waals surface area contributed by atoms with Gasteiger partial charge in [-0.3, -0.25) is 14.4 Å². The van der Waals surface area contributed by atoms with Gasteiger partial charge in [0, 0.05) is 5.69 Å². The van der Waals surface area contributed by atoms with Gasteiger partial charge in [-0.25, -0.2) is 0 Å². The minimum Gasteiger partial charge on any atom is -0.468 e. The van der Waals surface area contributed by atoms with Crippen molar-refractivity contribution in [1.82, 2.24) is 5.32 Å². The van der Waals surface area contributed by atoms with Gasteiger partial charge in [-0.1, -0.05) is 41.4 Å². The Morgan fingerprint density at radius 1 is 0.889 bits per heavy atom. The van der Waals surface area contributed by atoms with Crippen LogP contribution in [0.1, 0.15) is 11.1 Å². The van der Waals surface area contributed by atoms with E-state index in [-0.39, 0.29) is 31.2 Å². The van der Waals surface area contributed by atoms with Crippen molar-refractivity contribution in [3.8, 4) is 0 Å². The van der Waals surface area contributed by atoms with Gasteiger partial charge in [0.2, 0.25) is 11.8 Å². The highest BCUT2D eigenvalue weighted by Gasteiger charge is 2.08. The Bertz CT molecular complexity index is 838. The maximum atomic E-state index is 12.1. The van der Waals surface area contributed by atoms with E-state index in [1.807, 2.05) is 0 Å². The molecule has 0 saturated carbocycles. The minimum atomic E-state index is -0.511. The Morgan fingerprint density at radius 2 is 1.52 bits per heavy atom. The van der Waals surface area contributed by atoms with Crippen molar-refractivity contribution in [2.75, 3.05) is 19.0 Å². The number of nitrogens with one attached hydrogen (secondary N) is 2. The Kier molecular flexibility index (Phi) is 7.64. The minimum absolute atomic E-state index is 0.120. The lowest BCUT2D eigenvalue weighted by Crippen LogP contribution is -2.31. The van der Waals surface area contributed by atoms with Crippen molar-refractivity contribution >= 4 is 46.7 Å². The fraction of sp³-hybridized carbons (Fsp3) is 0.211. The number of amides is 2. The highest BCUT2D eigenvalue weighted by atomic mass is 35.5. The molecule has 0 saturated heterocycles. The molecule has 0 aliphatic rings. The van der Waals surface area contributed by atoms with E-state index in [9.17, 15) is 14.4 Å². The molecule has 2 amide bonds. The summed E-state index contributed by atoms with van der Waals surface area (Å²) in [5, 5.41) is 6.07. The number of anilines is 1. The van der Waals surface area contributed by atoms with Gasteiger partial charge in [-0.15, -0.1) is 0 Å². The second-order valence-electron chi connectivity index (χ2n) is 5.70. The van der Waals surface area contributed by atoms with E-state index >= 15 is 0 Å². The van der Waals surface area contributed by atoms with E-state index in [1.165, 1.54) is 7.11 Å². The number of carbonyl (C=O) groups excluding carboxylic acids is 3. The van der Waals surface area contributed by atoms with Crippen LogP contribution in [0.2, 0.25) is 10.0 Å². The molecule has 0 unspecified atom stereocenters. The third kappa shape index (κ3) is 6.92. The molecule has 2 rings (SSSR count). The second-order valence-corrected chi connectivity index (χ2v) is 6.51. The summed E-state index contributed by atoms with van der Waals surface area (Å²) in [4.78, 5) is 34.9. The second kappa shape index (κ2) is 9.94. The predicted octanol–water partition coefficient (Wildman–Crippen LogP) is 3.01. The first-order chi connectivity index (χ1) is 12.9. The van der Waals surface area contributed by atoms with Gasteiger partial charge < -0.3 is 15.4 Å². The van der Waals surface area contributed by atoms with E-state index in [1.54, 1.807) is 42.5 Å². The zero-order valence-electron chi connectivity index (χ0n) is 14.6. The molecule has 0 heterocycles. The molecule has 0 bridgehead atoms. The molecule has 0 spiro atoms. The van der Waals surface area contributed by atoms with Gasteiger partial charge in [0.05, 0.1) is 30.0 Å². The summed E-state index contributed by atoms with van der Waals surface area (Å²) in [5.41, 5.74) is 2.11. The summed E-state index contributed by atoms with van der Waals surface area (Å²) in [7, 11) is 1.25. The third-order valence-corrected chi connectivity index (χ3v) is 4.35. The number of benzene rings is 2. The number of halogens is 2. The van der Waals surface area contributed by atoms with E-state index in [0.717, 1.165) is 11.1 Å². The first kappa shape index (κ1) is 20.7. The lowest BCUT2D eigenvalue weighted by atomic mass is 10.1. The quantitative estimate of drug-likeness (QED) is 0.689. The number of hydrogen-bond donors (Lipinski definition) is 2. The maximum absolute atomic E-state index is 12.1. The molecule has 2 N–H and O–H groups in total. The number of carbonyl (C=O) groups is 3. The predicted molar refractivity (Wildman–Crippen MR) is 104 cm³/mol. The first-order valence-electron chi connectivity index (χ1n) is 8.03. The molecule has 27 heavy (non-hydrogen) atoms. The van der Waals surface area contributed by atoms with E-state index in [4.69, 9.17) is 23.2 Å². The van der Waals surface area contributed by atoms with Crippen LogP contribution >= 0.6 is 23.2 Å². The SMILES string of the molecule is COC(=O)CNC(=O)Cc1ccc(NC(=O)Cc2ccc(Cl)c(Cl)c2)cc1. The van der Waals surface area contributed by atoms with Crippen LogP contribution in [0.3, 0.4) is 0 Å². The molecule has 0 atom stereocenters. The normalized spacial score (nSPS) is 10.2. The number of ether oxygens (including phenoxy) is 1. The zero-order valence-corrected chi connectivity index (χ0v) is 16.1. The fourth-order valence-electron chi connectivity index (χ4n) is 2.24. The van der Waals surface area contributed by atoms with Crippen LogP contribution in [-0.4, -0.2) is 31.4 Å². The summed E-state index contributed by atoms with van der Waals surface area (Å²) in [6, 6.07) is 11.9. The summed E-state index contributed by atoms with van der Waals surface area (Å²) < 4.78 is 4.45. The van der Waals surface area contributed by atoms with Crippen LogP contribution in [0.25, 0.3) is 0 Å². The molecular formula is C19H18Cl2N2O4. The molecule has 8 heteroatoms. The van der Waals surface area contributed by atoms with E-state index in [0.29, 0.717) is 15.7 Å². The Hall–Kier alpha value is -2.57. The number of hydrogen-bond acceptors (Lipinski definition) is 4. The summed E-state index contributed by atoms with van der Waals surface area (Å²) in [6.45, 7) is -0.168. The fourth-order valence-corrected chi connectivity index (χ4v) is 2.56. The lowest BCUT2D eigenvalue weighted by molar-refractivity contribution is -0.141. The summed E-state index contributed by atoms with van der Waals surface area (Å²) in [6.07, 6.45) is 0.281. The first-order valence-corrected chi connectivity index (χ1v) is 8.79. The van der Waals surface area contributed by atoms with Crippen molar-refractivity contribution in [3.63, 3.8) is 0 Å². The third-order valence-electron chi connectivity index (χ3n) is 3.61. The zero-order chi connectivity index (χ0) is 19.8. The standard InChI is InChI=1S/C19H18Cl2N2O4/c1-27-19(26)11-22-17(24)9-12-2-5-14(6-3-12)23-18(25)10-13-4-7-15(20)16(21)8-13/h2-8H,9-11H2,1H3,(H,22,24)(H,23,25). The molecule has 0 aliphatic heterocycles. The molecule has 142 valence electrons. The van der Waals surface area contributed by atoms with Crippen LogP contribution in [0.5, 0.6) is 0 Å². The Labute approximate surface area is 166 Å². The maximum Gasteiger partial charge on any atom is 0.325 e. The lowest BCUT2D eigenvalue weighted by Gasteiger charge is -2.08. The molecule has 2 aromatic rings. The molecular weight excluding hydrogens is 391 g/mol. The molecule has 0 aliphatic carbocycles. The van der Waals surface area contributed by atoms with Crippen LogP contribution in [0.4, 0.5) is 5.69 Å². The van der Waals surface area contributed by atoms with Gasteiger partial charge in [0.15, 0.2) is 0 Å². The topological polar surface area (TPSA) is 84.5 Å².